The third-order valence-electron chi connectivity index (χ3n) is 3.25. The van der Waals surface area contributed by atoms with Crippen molar-refractivity contribution in [2.24, 2.45) is 0 Å². The Kier molecular flexibility index (Phi) is 4.00. The summed E-state index contributed by atoms with van der Waals surface area (Å²) in [7, 11) is 0. The van der Waals surface area contributed by atoms with Crippen molar-refractivity contribution in [3.8, 4) is 0 Å². The maximum atomic E-state index is 4.18. The molecule has 1 aromatic heterocycles. The lowest BCUT2D eigenvalue weighted by atomic mass is 9.86. The molecule has 1 heterocycles. The highest BCUT2D eigenvalue weighted by molar-refractivity contribution is 5.32. The summed E-state index contributed by atoms with van der Waals surface area (Å²) in [6.07, 6.45) is 1.77. The van der Waals surface area contributed by atoms with Crippen LogP contribution in [-0.2, 0) is 5.41 Å². The molecule has 102 valence electrons. The number of aromatic amines is 1. The molecule has 0 aliphatic rings. The number of nitrogens with zero attached hydrogens (tertiary/aromatic N) is 2. The molecular weight excluding hydrogens is 236 g/mol. The molecule has 0 aliphatic carbocycles. The van der Waals surface area contributed by atoms with E-state index in [9.17, 15) is 0 Å². The van der Waals surface area contributed by atoms with E-state index in [-0.39, 0.29) is 11.5 Å². The summed E-state index contributed by atoms with van der Waals surface area (Å²) in [5.41, 5.74) is 3.65. The van der Waals surface area contributed by atoms with Gasteiger partial charge < -0.3 is 5.32 Å². The van der Waals surface area contributed by atoms with Crippen molar-refractivity contribution < 1.29 is 0 Å². The molecule has 2 aromatic rings. The van der Waals surface area contributed by atoms with E-state index in [1.807, 2.05) is 0 Å². The normalized spacial score (nSPS) is 13.5. The summed E-state index contributed by atoms with van der Waals surface area (Å²) >= 11 is 0. The van der Waals surface area contributed by atoms with Crippen LogP contribution in [0, 0.1) is 0 Å². The summed E-state index contributed by atoms with van der Waals surface area (Å²) in [4.78, 5) is 0. The van der Waals surface area contributed by atoms with Crippen LogP contribution in [0.25, 0.3) is 0 Å². The minimum absolute atomic E-state index is 0.0952. The molecule has 0 spiro atoms. The topological polar surface area (TPSA) is 53.6 Å². The zero-order valence-electron chi connectivity index (χ0n) is 12.1. The second-order valence-corrected chi connectivity index (χ2v) is 5.76. The molecule has 0 saturated heterocycles. The van der Waals surface area contributed by atoms with Crippen LogP contribution in [0.5, 0.6) is 0 Å². The van der Waals surface area contributed by atoms with E-state index in [4.69, 9.17) is 0 Å². The average molecular weight is 258 g/mol. The van der Waals surface area contributed by atoms with E-state index in [1.165, 1.54) is 11.1 Å². The van der Waals surface area contributed by atoms with Gasteiger partial charge in [-0.3, -0.25) is 0 Å². The first-order valence-corrected chi connectivity index (χ1v) is 6.72. The standard InChI is InChI=1S/C15H22N4/c1-5-16-14(13-10-17-19-18-13)11-6-8-12(9-7-11)15(2,3)4/h6-10,14,16H,5H2,1-4H3,(H,17,18,19). The van der Waals surface area contributed by atoms with E-state index in [0.717, 1.165) is 12.2 Å². The van der Waals surface area contributed by atoms with Gasteiger partial charge in [0.15, 0.2) is 0 Å². The molecule has 4 nitrogen and oxygen atoms in total. The van der Waals surface area contributed by atoms with Crippen LogP contribution in [-0.4, -0.2) is 22.0 Å². The predicted molar refractivity (Wildman–Crippen MR) is 77.0 cm³/mol. The highest BCUT2D eigenvalue weighted by atomic mass is 15.3. The number of hydrogen-bond acceptors (Lipinski definition) is 3. The lowest BCUT2D eigenvalue weighted by Gasteiger charge is -2.21. The molecule has 1 aromatic carbocycles. The van der Waals surface area contributed by atoms with Crippen molar-refractivity contribution in [2.45, 2.75) is 39.2 Å². The number of hydrogen-bond donors (Lipinski definition) is 2. The third kappa shape index (κ3) is 3.20. The quantitative estimate of drug-likeness (QED) is 0.886. The molecular formula is C15H22N4. The fourth-order valence-corrected chi connectivity index (χ4v) is 2.12. The maximum absolute atomic E-state index is 4.18. The van der Waals surface area contributed by atoms with Gasteiger partial charge in [-0.2, -0.15) is 15.4 Å². The van der Waals surface area contributed by atoms with E-state index in [0.29, 0.717) is 0 Å². The summed E-state index contributed by atoms with van der Waals surface area (Å²) < 4.78 is 0. The summed E-state index contributed by atoms with van der Waals surface area (Å²) in [6, 6.07) is 8.82. The molecule has 0 fully saturated rings. The maximum Gasteiger partial charge on any atom is 0.104 e. The minimum Gasteiger partial charge on any atom is -0.305 e. The van der Waals surface area contributed by atoms with E-state index < -0.39 is 0 Å². The van der Waals surface area contributed by atoms with E-state index >= 15 is 0 Å². The lowest BCUT2D eigenvalue weighted by molar-refractivity contribution is 0.586. The molecule has 0 aliphatic heterocycles. The number of rotatable bonds is 4. The zero-order chi connectivity index (χ0) is 13.9. The van der Waals surface area contributed by atoms with Crippen LogP contribution in [0.2, 0.25) is 0 Å². The van der Waals surface area contributed by atoms with Crippen molar-refractivity contribution in [2.75, 3.05) is 6.54 Å². The van der Waals surface area contributed by atoms with Crippen LogP contribution in [0.3, 0.4) is 0 Å². The SMILES string of the molecule is CCNC(c1ccc(C(C)(C)C)cc1)c1cn[nH]n1. The highest BCUT2D eigenvalue weighted by Gasteiger charge is 2.17. The number of benzene rings is 1. The molecule has 0 bridgehead atoms. The second-order valence-electron chi connectivity index (χ2n) is 5.76. The van der Waals surface area contributed by atoms with E-state index in [2.05, 4.69) is 72.7 Å². The molecule has 0 saturated carbocycles. The molecule has 0 amide bonds. The first-order chi connectivity index (χ1) is 9.02. The Hall–Kier alpha value is -1.68. The number of H-pyrrole nitrogens is 1. The van der Waals surface area contributed by atoms with Crippen LogP contribution in [0.1, 0.15) is 50.6 Å². The fraction of sp³-hybridized carbons (Fsp3) is 0.467. The van der Waals surface area contributed by atoms with Crippen LogP contribution in [0.15, 0.2) is 30.5 Å². The molecule has 0 radical (unpaired) electrons. The van der Waals surface area contributed by atoms with Gasteiger partial charge in [-0.25, -0.2) is 0 Å². The van der Waals surface area contributed by atoms with Crippen molar-refractivity contribution in [3.63, 3.8) is 0 Å². The van der Waals surface area contributed by atoms with Crippen LogP contribution in [0.4, 0.5) is 0 Å². The smallest absolute Gasteiger partial charge is 0.104 e. The summed E-state index contributed by atoms with van der Waals surface area (Å²) in [5, 5.41) is 14.2. The summed E-state index contributed by atoms with van der Waals surface area (Å²) in [6.45, 7) is 9.65. The van der Waals surface area contributed by atoms with Gasteiger partial charge in [0.2, 0.25) is 0 Å². The monoisotopic (exact) mass is 258 g/mol. The first-order valence-electron chi connectivity index (χ1n) is 6.72. The van der Waals surface area contributed by atoms with E-state index in [1.54, 1.807) is 6.20 Å². The molecule has 2 N–H and O–H groups in total. The highest BCUT2D eigenvalue weighted by Crippen LogP contribution is 2.25. The van der Waals surface area contributed by atoms with Gasteiger partial charge in [0.1, 0.15) is 5.69 Å². The van der Waals surface area contributed by atoms with Crippen LogP contribution < -0.4 is 5.32 Å². The molecule has 2 rings (SSSR count). The zero-order valence-corrected chi connectivity index (χ0v) is 12.1. The molecule has 1 unspecified atom stereocenters. The Morgan fingerprint density at radius 1 is 1.21 bits per heavy atom. The minimum atomic E-state index is 0.0952. The number of aromatic nitrogens is 3. The summed E-state index contributed by atoms with van der Waals surface area (Å²) in [5.74, 6) is 0. The molecule has 4 heteroatoms. The van der Waals surface area contributed by atoms with Gasteiger partial charge in [-0.1, -0.05) is 52.0 Å². The Morgan fingerprint density at radius 3 is 2.37 bits per heavy atom. The van der Waals surface area contributed by atoms with Gasteiger partial charge in [0.05, 0.1) is 12.2 Å². The van der Waals surface area contributed by atoms with Crippen molar-refractivity contribution in [1.29, 1.82) is 0 Å². The average Bonchev–Trinajstić information content (AvgIpc) is 2.89. The Balaban J connectivity index is 2.28. The van der Waals surface area contributed by atoms with Crippen molar-refractivity contribution in [1.82, 2.24) is 20.7 Å². The number of nitrogens with one attached hydrogen (secondary N) is 2. The van der Waals surface area contributed by atoms with Crippen molar-refractivity contribution >= 4 is 0 Å². The van der Waals surface area contributed by atoms with Gasteiger partial charge in [0, 0.05) is 0 Å². The van der Waals surface area contributed by atoms with Gasteiger partial charge >= 0.3 is 0 Å². The van der Waals surface area contributed by atoms with Gasteiger partial charge in [0.25, 0.3) is 0 Å². The largest absolute Gasteiger partial charge is 0.305 e. The van der Waals surface area contributed by atoms with Crippen molar-refractivity contribution in [3.05, 3.63) is 47.3 Å². The third-order valence-corrected chi connectivity index (χ3v) is 3.25. The second kappa shape index (κ2) is 5.53. The fourth-order valence-electron chi connectivity index (χ4n) is 2.12. The first kappa shape index (κ1) is 13.7. The lowest BCUT2D eigenvalue weighted by Crippen LogP contribution is -2.22. The molecule has 1 atom stereocenters. The van der Waals surface area contributed by atoms with Gasteiger partial charge in [-0.05, 0) is 23.1 Å². The predicted octanol–water partition coefficient (Wildman–Crippen LogP) is 2.80. The van der Waals surface area contributed by atoms with Crippen LogP contribution >= 0.6 is 0 Å². The van der Waals surface area contributed by atoms with Gasteiger partial charge in [-0.15, -0.1) is 0 Å². The molecule has 19 heavy (non-hydrogen) atoms. The Labute approximate surface area is 114 Å². The Morgan fingerprint density at radius 2 is 1.89 bits per heavy atom. The Bertz CT molecular complexity index is 494.